The molecular weight excluding hydrogens is 204 g/mol. The third-order valence-electron chi connectivity index (χ3n) is 3.29. The van der Waals surface area contributed by atoms with Crippen molar-refractivity contribution in [1.29, 1.82) is 0 Å². The predicted molar refractivity (Wildman–Crippen MR) is 60.2 cm³/mol. The molecule has 2 saturated heterocycles. The van der Waals surface area contributed by atoms with Crippen molar-refractivity contribution in [2.75, 3.05) is 11.9 Å². The maximum atomic E-state index is 10.3. The number of morpholine rings is 1. The molecule has 0 spiro atoms. The highest BCUT2D eigenvalue weighted by atomic mass is 16.5. The van der Waals surface area contributed by atoms with Gasteiger partial charge in [-0.1, -0.05) is 12.1 Å². The van der Waals surface area contributed by atoms with Crippen molar-refractivity contribution in [3.8, 4) is 0 Å². The van der Waals surface area contributed by atoms with Crippen molar-refractivity contribution in [2.45, 2.75) is 24.7 Å². The molecule has 0 radical (unpaired) electrons. The first-order valence-corrected chi connectivity index (χ1v) is 5.56. The monoisotopic (exact) mass is 218 g/mol. The van der Waals surface area contributed by atoms with Crippen LogP contribution in [-0.4, -0.2) is 25.1 Å². The summed E-state index contributed by atoms with van der Waals surface area (Å²) in [6, 6.07) is 8.28. The van der Waals surface area contributed by atoms with Crippen molar-refractivity contribution >= 4 is 12.1 Å². The molecule has 4 heteroatoms. The highest BCUT2D eigenvalue weighted by Crippen LogP contribution is 2.36. The fourth-order valence-corrected chi connectivity index (χ4v) is 2.52. The lowest BCUT2D eigenvalue weighted by molar-refractivity contribution is -0.105. The molecule has 3 rings (SSSR count). The van der Waals surface area contributed by atoms with Gasteiger partial charge in [0.1, 0.15) is 0 Å². The summed E-state index contributed by atoms with van der Waals surface area (Å²) < 4.78 is 5.89. The summed E-state index contributed by atoms with van der Waals surface area (Å²) in [5, 5.41) is 6.07. The standard InChI is InChI=1S/C12H14N2O2/c15-7-14-9-3-1-8(2-4-9)12-11-5-10(16-12)6-13-11/h1-4,7,10-13H,5-6H2,(H,14,15). The fraction of sp³-hybridized carbons (Fsp3) is 0.417. The molecule has 2 fully saturated rings. The molecule has 4 nitrogen and oxygen atoms in total. The Hall–Kier alpha value is -1.39. The molecule has 0 saturated carbocycles. The van der Waals surface area contributed by atoms with Gasteiger partial charge in [0.15, 0.2) is 0 Å². The van der Waals surface area contributed by atoms with Gasteiger partial charge in [0.05, 0.1) is 12.2 Å². The summed E-state index contributed by atoms with van der Waals surface area (Å²) >= 11 is 0. The Morgan fingerprint density at radius 2 is 2.19 bits per heavy atom. The maximum absolute atomic E-state index is 10.3. The molecule has 84 valence electrons. The first-order valence-electron chi connectivity index (χ1n) is 5.56. The highest BCUT2D eigenvalue weighted by molar-refractivity contribution is 5.71. The normalized spacial score (nSPS) is 31.6. The number of carbonyl (C=O) groups is 1. The number of fused-ring (bicyclic) bond motifs is 2. The molecule has 2 N–H and O–H groups in total. The van der Waals surface area contributed by atoms with E-state index in [1.165, 1.54) is 5.56 Å². The molecule has 3 unspecified atom stereocenters. The van der Waals surface area contributed by atoms with E-state index in [2.05, 4.69) is 10.6 Å². The smallest absolute Gasteiger partial charge is 0.211 e. The van der Waals surface area contributed by atoms with Gasteiger partial charge < -0.3 is 15.4 Å². The van der Waals surface area contributed by atoms with Gasteiger partial charge in [-0.15, -0.1) is 0 Å². The summed E-state index contributed by atoms with van der Waals surface area (Å²) in [6.45, 7) is 0.978. The maximum Gasteiger partial charge on any atom is 0.211 e. The van der Waals surface area contributed by atoms with Crippen LogP contribution in [0.2, 0.25) is 0 Å². The van der Waals surface area contributed by atoms with E-state index >= 15 is 0 Å². The van der Waals surface area contributed by atoms with Crippen molar-refractivity contribution in [2.24, 2.45) is 0 Å². The van der Waals surface area contributed by atoms with Crippen LogP contribution in [0.1, 0.15) is 18.1 Å². The van der Waals surface area contributed by atoms with E-state index in [1.54, 1.807) is 0 Å². The van der Waals surface area contributed by atoms with Crippen LogP contribution in [0.4, 0.5) is 5.69 Å². The van der Waals surface area contributed by atoms with E-state index in [4.69, 9.17) is 4.74 Å². The minimum absolute atomic E-state index is 0.170. The second-order valence-corrected chi connectivity index (χ2v) is 4.31. The van der Waals surface area contributed by atoms with E-state index in [0.717, 1.165) is 18.7 Å². The number of nitrogens with one attached hydrogen (secondary N) is 2. The Labute approximate surface area is 94.0 Å². The molecule has 16 heavy (non-hydrogen) atoms. The summed E-state index contributed by atoms with van der Waals surface area (Å²) in [5.41, 5.74) is 1.99. The summed E-state index contributed by atoms with van der Waals surface area (Å²) in [5.74, 6) is 0. The number of hydrogen-bond donors (Lipinski definition) is 2. The van der Waals surface area contributed by atoms with Crippen LogP contribution in [0.3, 0.4) is 0 Å². The number of hydrogen-bond acceptors (Lipinski definition) is 3. The number of amides is 1. The lowest BCUT2D eigenvalue weighted by Gasteiger charge is -2.23. The Morgan fingerprint density at radius 1 is 1.38 bits per heavy atom. The van der Waals surface area contributed by atoms with Crippen molar-refractivity contribution < 1.29 is 9.53 Å². The first kappa shape index (κ1) is 9.81. The molecule has 2 aliphatic rings. The van der Waals surface area contributed by atoms with Crippen LogP contribution in [0, 0.1) is 0 Å². The number of carbonyl (C=O) groups excluding carboxylic acids is 1. The Bertz CT molecular complexity index is 391. The lowest BCUT2D eigenvalue weighted by atomic mass is 10.0. The molecule has 1 amide bonds. The van der Waals surface area contributed by atoms with E-state index in [0.29, 0.717) is 18.6 Å². The third kappa shape index (κ3) is 1.60. The van der Waals surface area contributed by atoms with E-state index < -0.39 is 0 Å². The van der Waals surface area contributed by atoms with Gasteiger partial charge in [-0.25, -0.2) is 0 Å². The molecule has 2 bridgehead atoms. The Balaban J connectivity index is 1.77. The van der Waals surface area contributed by atoms with Gasteiger partial charge in [0, 0.05) is 18.3 Å². The van der Waals surface area contributed by atoms with Gasteiger partial charge in [0.2, 0.25) is 6.41 Å². The SMILES string of the molecule is O=CNc1ccc(C2OC3CNC2C3)cc1. The van der Waals surface area contributed by atoms with Crippen molar-refractivity contribution in [3.05, 3.63) is 29.8 Å². The second kappa shape index (κ2) is 3.88. The molecule has 0 aliphatic carbocycles. The highest BCUT2D eigenvalue weighted by Gasteiger charge is 2.40. The topological polar surface area (TPSA) is 50.4 Å². The molecule has 3 atom stereocenters. The van der Waals surface area contributed by atoms with Crippen molar-refractivity contribution in [1.82, 2.24) is 5.32 Å². The zero-order chi connectivity index (χ0) is 11.0. The van der Waals surface area contributed by atoms with Gasteiger partial charge in [-0.05, 0) is 24.1 Å². The molecule has 1 aromatic rings. The molecule has 2 heterocycles. The third-order valence-corrected chi connectivity index (χ3v) is 3.29. The molecule has 2 aliphatic heterocycles. The summed E-state index contributed by atoms with van der Waals surface area (Å²) in [7, 11) is 0. The average molecular weight is 218 g/mol. The molecular formula is C12H14N2O2. The van der Waals surface area contributed by atoms with Gasteiger partial charge >= 0.3 is 0 Å². The van der Waals surface area contributed by atoms with Crippen LogP contribution >= 0.6 is 0 Å². The van der Waals surface area contributed by atoms with E-state index in [9.17, 15) is 4.79 Å². The molecule has 1 aromatic carbocycles. The zero-order valence-electron chi connectivity index (χ0n) is 8.85. The molecule has 0 aromatic heterocycles. The minimum atomic E-state index is 0.170. The fourth-order valence-electron chi connectivity index (χ4n) is 2.52. The average Bonchev–Trinajstić information content (AvgIpc) is 2.92. The van der Waals surface area contributed by atoms with Gasteiger partial charge in [0.25, 0.3) is 0 Å². The van der Waals surface area contributed by atoms with E-state index in [-0.39, 0.29) is 6.10 Å². The van der Waals surface area contributed by atoms with E-state index in [1.807, 2.05) is 24.3 Å². The van der Waals surface area contributed by atoms with Crippen LogP contribution in [0.15, 0.2) is 24.3 Å². The predicted octanol–water partition coefficient (Wildman–Crippen LogP) is 1.06. The quantitative estimate of drug-likeness (QED) is 0.746. The van der Waals surface area contributed by atoms with Gasteiger partial charge in [-0.3, -0.25) is 4.79 Å². The van der Waals surface area contributed by atoms with Crippen LogP contribution in [0.25, 0.3) is 0 Å². The van der Waals surface area contributed by atoms with Crippen molar-refractivity contribution in [3.63, 3.8) is 0 Å². The zero-order valence-corrected chi connectivity index (χ0v) is 8.85. The summed E-state index contributed by atoms with van der Waals surface area (Å²) in [4.78, 5) is 10.3. The lowest BCUT2D eigenvalue weighted by Crippen LogP contribution is -2.33. The Morgan fingerprint density at radius 3 is 2.75 bits per heavy atom. The minimum Gasteiger partial charge on any atom is -0.367 e. The van der Waals surface area contributed by atoms with Crippen LogP contribution < -0.4 is 10.6 Å². The second-order valence-electron chi connectivity index (χ2n) is 4.31. The number of benzene rings is 1. The number of anilines is 1. The summed E-state index contributed by atoms with van der Waals surface area (Å²) in [6.07, 6.45) is 2.34. The number of rotatable bonds is 3. The van der Waals surface area contributed by atoms with Crippen LogP contribution in [0.5, 0.6) is 0 Å². The first-order chi connectivity index (χ1) is 7.86. The van der Waals surface area contributed by atoms with Gasteiger partial charge in [-0.2, -0.15) is 0 Å². The van der Waals surface area contributed by atoms with Crippen LogP contribution in [-0.2, 0) is 9.53 Å². The largest absolute Gasteiger partial charge is 0.367 e. The Kier molecular flexibility index (Phi) is 2.38. The number of ether oxygens (including phenoxy) is 1.